The summed E-state index contributed by atoms with van der Waals surface area (Å²) < 4.78 is 0. The summed E-state index contributed by atoms with van der Waals surface area (Å²) in [5.41, 5.74) is 1.56. The number of hydrogen-bond donors (Lipinski definition) is 2. The van der Waals surface area contributed by atoms with E-state index in [1.807, 2.05) is 18.2 Å². The van der Waals surface area contributed by atoms with Crippen LogP contribution in [0.2, 0.25) is 0 Å². The third kappa shape index (κ3) is 2.63. The molecule has 0 bridgehead atoms. The number of likely N-dealkylation sites (tertiary alicyclic amines) is 1. The molecule has 4 heteroatoms. The summed E-state index contributed by atoms with van der Waals surface area (Å²) in [5.74, 6) is -0.0133. The van der Waals surface area contributed by atoms with Gasteiger partial charge in [-0.1, -0.05) is 12.1 Å². The van der Waals surface area contributed by atoms with Crippen LogP contribution in [0.3, 0.4) is 0 Å². The minimum absolute atomic E-state index is 0.0133. The highest BCUT2D eigenvalue weighted by Crippen LogP contribution is 2.16. The Morgan fingerprint density at radius 2 is 2.21 bits per heavy atom. The topological polar surface area (TPSA) is 48.1 Å². The van der Waals surface area contributed by atoms with Crippen LogP contribution < -0.4 is 5.32 Å². The molecular weight excluding hydrogens is 238 g/mol. The van der Waals surface area contributed by atoms with Crippen molar-refractivity contribution in [1.82, 2.24) is 15.2 Å². The van der Waals surface area contributed by atoms with Crippen molar-refractivity contribution in [2.24, 2.45) is 0 Å². The third-order valence-electron chi connectivity index (χ3n) is 3.67. The van der Waals surface area contributed by atoms with Crippen molar-refractivity contribution in [3.8, 4) is 0 Å². The lowest BCUT2D eigenvalue weighted by Gasteiger charge is -2.14. The van der Waals surface area contributed by atoms with Crippen LogP contribution in [0.15, 0.2) is 24.4 Å². The summed E-state index contributed by atoms with van der Waals surface area (Å²) in [5, 5.41) is 3.94. The Morgan fingerprint density at radius 3 is 3.05 bits per heavy atom. The second kappa shape index (κ2) is 5.45. The van der Waals surface area contributed by atoms with Gasteiger partial charge < -0.3 is 15.2 Å². The van der Waals surface area contributed by atoms with E-state index in [2.05, 4.69) is 21.3 Å². The van der Waals surface area contributed by atoms with Gasteiger partial charge in [0.2, 0.25) is 0 Å². The highest BCUT2D eigenvalue weighted by molar-refractivity contribution is 6.05. The summed E-state index contributed by atoms with van der Waals surface area (Å²) >= 11 is 0. The second-order valence-electron chi connectivity index (χ2n) is 4.97. The van der Waals surface area contributed by atoms with E-state index in [9.17, 15) is 4.79 Å². The molecule has 1 saturated heterocycles. The molecule has 1 aliphatic heterocycles. The van der Waals surface area contributed by atoms with Crippen LogP contribution in [0.25, 0.3) is 10.9 Å². The average Bonchev–Trinajstić information content (AvgIpc) is 3.08. The number of hydrogen-bond acceptors (Lipinski definition) is 2. The van der Waals surface area contributed by atoms with E-state index in [1.54, 1.807) is 6.20 Å². The van der Waals surface area contributed by atoms with Gasteiger partial charge in [0.1, 0.15) is 0 Å². The Kier molecular flexibility index (Phi) is 3.51. The van der Waals surface area contributed by atoms with Gasteiger partial charge in [0, 0.05) is 30.7 Å². The molecule has 0 saturated carbocycles. The van der Waals surface area contributed by atoms with Crippen LogP contribution >= 0.6 is 0 Å². The molecule has 0 aliphatic carbocycles. The van der Waals surface area contributed by atoms with Crippen LogP contribution in [0.5, 0.6) is 0 Å². The first-order chi connectivity index (χ1) is 9.34. The molecule has 1 fully saturated rings. The molecule has 0 spiro atoms. The number of carbonyl (C=O) groups excluding carboxylic acids is 1. The standard InChI is InChI=1S/C15H18N3O/c19-15(17-8-11-18-9-1-2-10-18)13-5-3-4-12-6-7-16-14(12)13/h3-5,7,16H,1-2,8-11H2,(H,17,19). The van der Waals surface area contributed by atoms with Crippen molar-refractivity contribution >= 4 is 16.8 Å². The Labute approximate surface area is 112 Å². The fraction of sp³-hybridized carbons (Fsp3) is 0.400. The fourth-order valence-electron chi connectivity index (χ4n) is 2.63. The summed E-state index contributed by atoms with van der Waals surface area (Å²) in [6, 6.07) is 8.76. The number of nitrogens with zero attached hydrogens (tertiary/aromatic N) is 1. The van der Waals surface area contributed by atoms with Gasteiger partial charge in [-0.3, -0.25) is 4.79 Å². The summed E-state index contributed by atoms with van der Waals surface area (Å²) in [6.45, 7) is 3.98. The lowest BCUT2D eigenvalue weighted by molar-refractivity contribution is 0.0951. The predicted molar refractivity (Wildman–Crippen MR) is 75.1 cm³/mol. The molecule has 2 N–H and O–H groups in total. The number of aromatic nitrogens is 1. The zero-order chi connectivity index (χ0) is 13.1. The number of aromatic amines is 1. The summed E-state index contributed by atoms with van der Waals surface area (Å²) in [6.07, 6.45) is 4.31. The number of rotatable bonds is 4. The first-order valence-corrected chi connectivity index (χ1v) is 6.83. The number of fused-ring (bicyclic) bond motifs is 1. The molecule has 1 aliphatic rings. The van der Waals surface area contributed by atoms with Gasteiger partial charge >= 0.3 is 0 Å². The molecule has 4 nitrogen and oxygen atoms in total. The Balaban J connectivity index is 1.62. The average molecular weight is 256 g/mol. The van der Waals surface area contributed by atoms with Crippen molar-refractivity contribution in [3.05, 3.63) is 36.0 Å². The molecule has 1 radical (unpaired) electrons. The SMILES string of the molecule is O=C(NCCN1CCCC1)c1cccc2[c]c[nH]c12. The van der Waals surface area contributed by atoms with Gasteiger partial charge in [-0.15, -0.1) is 0 Å². The van der Waals surface area contributed by atoms with Crippen molar-refractivity contribution in [2.75, 3.05) is 26.2 Å². The summed E-state index contributed by atoms with van der Waals surface area (Å²) in [7, 11) is 0. The molecular formula is C15H18N3O. The number of carbonyl (C=O) groups is 1. The van der Waals surface area contributed by atoms with Crippen LogP contribution in [0.4, 0.5) is 0 Å². The molecule has 2 heterocycles. The van der Waals surface area contributed by atoms with Gasteiger partial charge in [-0.25, -0.2) is 0 Å². The van der Waals surface area contributed by atoms with Crippen LogP contribution in [0, 0.1) is 6.07 Å². The largest absolute Gasteiger partial charge is 0.360 e. The smallest absolute Gasteiger partial charge is 0.253 e. The monoisotopic (exact) mass is 256 g/mol. The first-order valence-electron chi connectivity index (χ1n) is 6.83. The number of H-pyrrole nitrogens is 1. The molecule has 1 aromatic carbocycles. The first kappa shape index (κ1) is 12.2. The Hall–Kier alpha value is -1.81. The normalized spacial score (nSPS) is 16.0. The number of para-hydroxylation sites is 1. The van der Waals surface area contributed by atoms with Crippen molar-refractivity contribution < 1.29 is 4.79 Å². The Morgan fingerprint density at radius 1 is 1.37 bits per heavy atom. The summed E-state index contributed by atoms with van der Waals surface area (Å²) in [4.78, 5) is 17.6. The maximum absolute atomic E-state index is 12.2. The molecule has 1 aromatic heterocycles. The second-order valence-corrected chi connectivity index (χ2v) is 4.97. The molecule has 0 atom stereocenters. The van der Waals surface area contributed by atoms with E-state index in [0.717, 1.165) is 30.5 Å². The zero-order valence-corrected chi connectivity index (χ0v) is 10.9. The quantitative estimate of drug-likeness (QED) is 0.876. The van der Waals surface area contributed by atoms with Gasteiger partial charge in [0.15, 0.2) is 0 Å². The zero-order valence-electron chi connectivity index (χ0n) is 10.9. The molecule has 19 heavy (non-hydrogen) atoms. The Bertz CT molecular complexity index is 570. The van der Waals surface area contributed by atoms with E-state index >= 15 is 0 Å². The minimum atomic E-state index is -0.0133. The molecule has 0 unspecified atom stereocenters. The van der Waals surface area contributed by atoms with Crippen LogP contribution in [0.1, 0.15) is 23.2 Å². The third-order valence-corrected chi connectivity index (χ3v) is 3.67. The van der Waals surface area contributed by atoms with Gasteiger partial charge in [0.05, 0.1) is 11.1 Å². The number of nitrogens with one attached hydrogen (secondary N) is 2. The van der Waals surface area contributed by atoms with Crippen LogP contribution in [-0.4, -0.2) is 42.0 Å². The van der Waals surface area contributed by atoms with E-state index < -0.39 is 0 Å². The van der Waals surface area contributed by atoms with E-state index in [-0.39, 0.29) is 5.91 Å². The van der Waals surface area contributed by atoms with Gasteiger partial charge in [-0.05, 0) is 32.0 Å². The van der Waals surface area contributed by atoms with Gasteiger partial charge in [0.25, 0.3) is 5.91 Å². The molecule has 3 rings (SSSR count). The highest BCUT2D eigenvalue weighted by Gasteiger charge is 2.13. The van der Waals surface area contributed by atoms with Crippen LogP contribution in [-0.2, 0) is 0 Å². The lowest BCUT2D eigenvalue weighted by atomic mass is 10.1. The maximum atomic E-state index is 12.2. The maximum Gasteiger partial charge on any atom is 0.253 e. The van der Waals surface area contributed by atoms with Crippen molar-refractivity contribution in [1.29, 1.82) is 0 Å². The van der Waals surface area contributed by atoms with Gasteiger partial charge in [-0.2, -0.15) is 0 Å². The molecule has 99 valence electrons. The molecule has 2 aromatic rings. The van der Waals surface area contributed by atoms with E-state index in [1.165, 1.54) is 12.8 Å². The fourth-order valence-corrected chi connectivity index (χ4v) is 2.63. The number of amides is 1. The highest BCUT2D eigenvalue weighted by atomic mass is 16.1. The lowest BCUT2D eigenvalue weighted by Crippen LogP contribution is -2.33. The predicted octanol–water partition coefficient (Wildman–Crippen LogP) is 1.79. The van der Waals surface area contributed by atoms with Crippen molar-refractivity contribution in [3.63, 3.8) is 0 Å². The molecule has 1 amide bonds. The van der Waals surface area contributed by atoms with E-state index in [0.29, 0.717) is 12.1 Å². The van der Waals surface area contributed by atoms with E-state index in [4.69, 9.17) is 0 Å². The number of benzene rings is 1. The van der Waals surface area contributed by atoms with Crippen molar-refractivity contribution in [2.45, 2.75) is 12.8 Å². The minimum Gasteiger partial charge on any atom is -0.360 e.